The molecular weight excluding hydrogens is 242 g/mol. The summed E-state index contributed by atoms with van der Waals surface area (Å²) in [6.07, 6.45) is 2.23. The van der Waals surface area contributed by atoms with Gasteiger partial charge in [0.1, 0.15) is 6.54 Å². The number of carbonyl (C=O) groups excluding carboxylic acids is 2. The van der Waals surface area contributed by atoms with Crippen LogP contribution in [0.3, 0.4) is 0 Å². The van der Waals surface area contributed by atoms with Crippen molar-refractivity contribution < 1.29 is 14.3 Å². The molecule has 1 amide bonds. The van der Waals surface area contributed by atoms with Gasteiger partial charge in [-0.15, -0.1) is 0 Å². The zero-order valence-electron chi connectivity index (χ0n) is 13.3. The Balaban J connectivity index is 3.81. The van der Waals surface area contributed by atoms with Crippen LogP contribution in [0.4, 0.5) is 0 Å². The molecule has 4 heteroatoms. The van der Waals surface area contributed by atoms with Crippen LogP contribution in [0, 0.1) is 10.8 Å². The van der Waals surface area contributed by atoms with Crippen LogP contribution in [-0.2, 0) is 14.3 Å². The first-order chi connectivity index (χ1) is 8.60. The van der Waals surface area contributed by atoms with E-state index in [1.54, 1.807) is 6.92 Å². The predicted octanol–water partition coefficient (Wildman–Crippen LogP) is 2.91. The molecule has 0 bridgehead atoms. The third kappa shape index (κ3) is 7.19. The third-order valence-electron chi connectivity index (χ3n) is 3.99. The molecule has 0 aromatic carbocycles. The van der Waals surface area contributed by atoms with Crippen LogP contribution in [0.25, 0.3) is 0 Å². The molecule has 0 saturated heterocycles. The molecule has 0 aromatic heterocycles. The van der Waals surface area contributed by atoms with Gasteiger partial charge in [0.25, 0.3) is 0 Å². The normalized spacial score (nSPS) is 12.1. The molecule has 19 heavy (non-hydrogen) atoms. The first-order valence-electron chi connectivity index (χ1n) is 7.02. The van der Waals surface area contributed by atoms with Crippen LogP contribution in [-0.4, -0.2) is 25.0 Å². The van der Waals surface area contributed by atoms with Crippen LogP contribution in [0.2, 0.25) is 0 Å². The van der Waals surface area contributed by atoms with Crippen molar-refractivity contribution in [2.45, 2.75) is 60.8 Å². The van der Waals surface area contributed by atoms with Crippen molar-refractivity contribution in [1.29, 1.82) is 0 Å². The molecule has 0 heterocycles. The van der Waals surface area contributed by atoms with Gasteiger partial charge in [-0.3, -0.25) is 9.59 Å². The van der Waals surface area contributed by atoms with Crippen molar-refractivity contribution >= 4 is 11.9 Å². The molecule has 0 aliphatic rings. The highest BCUT2D eigenvalue weighted by atomic mass is 16.5. The van der Waals surface area contributed by atoms with E-state index >= 15 is 0 Å². The van der Waals surface area contributed by atoms with Crippen LogP contribution in [0.15, 0.2) is 0 Å². The second-order valence-corrected chi connectivity index (χ2v) is 6.59. The summed E-state index contributed by atoms with van der Waals surface area (Å²) in [6.45, 7) is 13.3. The highest BCUT2D eigenvalue weighted by Gasteiger charge is 2.31. The standard InChI is InChI=1S/C15H29NO3/c1-7-12(17)16-11-13(18)19-10-8-9-15(5,6)14(2,3)4/h7-11H2,1-6H3,(H,16,17). The van der Waals surface area contributed by atoms with E-state index in [0.29, 0.717) is 13.0 Å². The lowest BCUT2D eigenvalue weighted by atomic mass is 9.67. The quantitative estimate of drug-likeness (QED) is 0.572. The third-order valence-corrected chi connectivity index (χ3v) is 3.99. The maximum absolute atomic E-state index is 11.3. The topological polar surface area (TPSA) is 55.4 Å². The number of amides is 1. The second-order valence-electron chi connectivity index (χ2n) is 6.59. The van der Waals surface area contributed by atoms with Crippen molar-refractivity contribution in [3.05, 3.63) is 0 Å². The van der Waals surface area contributed by atoms with E-state index in [2.05, 4.69) is 39.9 Å². The first kappa shape index (κ1) is 17.9. The van der Waals surface area contributed by atoms with E-state index < -0.39 is 0 Å². The van der Waals surface area contributed by atoms with Crippen molar-refractivity contribution in [3.63, 3.8) is 0 Å². The van der Waals surface area contributed by atoms with E-state index in [1.165, 1.54) is 0 Å². The number of carbonyl (C=O) groups is 2. The monoisotopic (exact) mass is 271 g/mol. The fourth-order valence-corrected chi connectivity index (χ4v) is 1.42. The summed E-state index contributed by atoms with van der Waals surface area (Å²) >= 11 is 0. The highest BCUT2D eigenvalue weighted by Crippen LogP contribution is 2.41. The van der Waals surface area contributed by atoms with E-state index in [9.17, 15) is 9.59 Å². The summed E-state index contributed by atoms with van der Waals surface area (Å²) in [4.78, 5) is 22.3. The lowest BCUT2D eigenvalue weighted by Gasteiger charge is -2.39. The summed E-state index contributed by atoms with van der Waals surface area (Å²) in [7, 11) is 0. The molecule has 0 aliphatic carbocycles. The van der Waals surface area contributed by atoms with E-state index in [4.69, 9.17) is 4.74 Å². The maximum Gasteiger partial charge on any atom is 0.325 e. The van der Waals surface area contributed by atoms with Gasteiger partial charge < -0.3 is 10.1 Å². The van der Waals surface area contributed by atoms with Gasteiger partial charge in [-0.05, 0) is 23.7 Å². The molecule has 0 spiro atoms. The van der Waals surface area contributed by atoms with Crippen LogP contribution in [0.1, 0.15) is 60.8 Å². The molecular formula is C15H29NO3. The van der Waals surface area contributed by atoms with Crippen LogP contribution < -0.4 is 5.32 Å². The van der Waals surface area contributed by atoms with E-state index in [-0.39, 0.29) is 29.3 Å². The van der Waals surface area contributed by atoms with E-state index in [1.807, 2.05) is 0 Å². The van der Waals surface area contributed by atoms with Gasteiger partial charge in [0.15, 0.2) is 0 Å². The van der Waals surface area contributed by atoms with Gasteiger partial charge in [0.05, 0.1) is 6.61 Å². The molecule has 1 N–H and O–H groups in total. The Kier molecular flexibility index (Phi) is 7.09. The summed E-state index contributed by atoms with van der Waals surface area (Å²) in [5, 5.41) is 2.50. The summed E-state index contributed by atoms with van der Waals surface area (Å²) in [5.41, 5.74) is 0.432. The summed E-state index contributed by atoms with van der Waals surface area (Å²) in [6, 6.07) is 0. The number of ether oxygens (including phenoxy) is 1. The molecule has 0 radical (unpaired) electrons. The average molecular weight is 271 g/mol. The number of hydrogen-bond acceptors (Lipinski definition) is 3. The van der Waals surface area contributed by atoms with Gasteiger partial charge in [-0.1, -0.05) is 41.5 Å². The van der Waals surface area contributed by atoms with E-state index in [0.717, 1.165) is 12.8 Å². The highest BCUT2D eigenvalue weighted by molar-refractivity contribution is 5.81. The maximum atomic E-state index is 11.3. The number of esters is 1. The largest absolute Gasteiger partial charge is 0.464 e. The molecule has 0 saturated carbocycles. The molecule has 0 aliphatic heterocycles. The lowest BCUT2D eigenvalue weighted by molar-refractivity contribution is -0.144. The minimum absolute atomic E-state index is 0.0324. The Morgan fingerprint density at radius 3 is 2.16 bits per heavy atom. The number of nitrogens with one attached hydrogen (secondary N) is 1. The fraction of sp³-hybridized carbons (Fsp3) is 0.867. The molecule has 112 valence electrons. The minimum Gasteiger partial charge on any atom is -0.464 e. The number of hydrogen-bond donors (Lipinski definition) is 1. The van der Waals surface area contributed by atoms with Gasteiger partial charge in [-0.25, -0.2) is 0 Å². The van der Waals surface area contributed by atoms with Gasteiger partial charge in [0.2, 0.25) is 5.91 Å². The molecule has 4 nitrogen and oxygen atoms in total. The smallest absolute Gasteiger partial charge is 0.325 e. The summed E-state index contributed by atoms with van der Waals surface area (Å²) < 4.78 is 5.09. The van der Waals surface area contributed by atoms with Crippen molar-refractivity contribution in [2.75, 3.05) is 13.2 Å². The Hall–Kier alpha value is -1.06. The molecule has 0 atom stereocenters. The van der Waals surface area contributed by atoms with Crippen molar-refractivity contribution in [3.8, 4) is 0 Å². The van der Waals surface area contributed by atoms with Crippen molar-refractivity contribution in [1.82, 2.24) is 5.32 Å². The zero-order valence-corrected chi connectivity index (χ0v) is 13.3. The fourth-order valence-electron chi connectivity index (χ4n) is 1.42. The number of rotatable bonds is 7. The van der Waals surface area contributed by atoms with Crippen LogP contribution >= 0.6 is 0 Å². The minimum atomic E-state index is -0.365. The Bertz CT molecular complexity index is 303. The van der Waals surface area contributed by atoms with Gasteiger partial charge in [0, 0.05) is 6.42 Å². The zero-order chi connectivity index (χ0) is 15.1. The Morgan fingerprint density at radius 2 is 1.68 bits per heavy atom. The molecule has 0 unspecified atom stereocenters. The first-order valence-corrected chi connectivity index (χ1v) is 7.02. The molecule has 0 fully saturated rings. The van der Waals surface area contributed by atoms with Crippen molar-refractivity contribution in [2.24, 2.45) is 10.8 Å². The Labute approximate surface area is 117 Å². The van der Waals surface area contributed by atoms with Gasteiger partial charge >= 0.3 is 5.97 Å². The predicted molar refractivity (Wildman–Crippen MR) is 76.7 cm³/mol. The SMILES string of the molecule is CCC(=O)NCC(=O)OCCCC(C)(C)C(C)(C)C. The second kappa shape index (κ2) is 7.51. The molecule has 0 rings (SSSR count). The van der Waals surface area contributed by atoms with Crippen LogP contribution in [0.5, 0.6) is 0 Å². The Morgan fingerprint density at radius 1 is 1.11 bits per heavy atom. The van der Waals surface area contributed by atoms with Gasteiger partial charge in [-0.2, -0.15) is 0 Å². The average Bonchev–Trinajstić information content (AvgIpc) is 2.30. The lowest BCUT2D eigenvalue weighted by Crippen LogP contribution is -2.31. The molecule has 0 aromatic rings. The summed E-state index contributed by atoms with van der Waals surface area (Å²) in [5.74, 6) is -0.499.